The number of likely N-dealkylation sites (N-methyl/N-ethyl adjacent to an activating group) is 1. The monoisotopic (exact) mass is 600 g/mol. The van der Waals surface area contributed by atoms with Crippen molar-refractivity contribution < 1.29 is 16.8 Å². The maximum absolute atomic E-state index is 11.5. The second-order valence-corrected chi connectivity index (χ2v) is 14.6. The summed E-state index contributed by atoms with van der Waals surface area (Å²) in [5, 5.41) is 9.31. The third-order valence-corrected chi connectivity index (χ3v) is 7.62. The molecule has 0 unspecified atom stereocenters. The lowest BCUT2D eigenvalue weighted by molar-refractivity contribution is 0.586. The van der Waals surface area contributed by atoms with E-state index in [1.165, 1.54) is 4.79 Å². The molecule has 0 fully saturated rings. The first-order valence-corrected chi connectivity index (χ1v) is 16.9. The van der Waals surface area contributed by atoms with Crippen LogP contribution in [0.15, 0.2) is 52.6 Å². The van der Waals surface area contributed by atoms with Crippen LogP contribution in [-0.4, -0.2) is 75.3 Å². The number of aryl methyl sites for hydroxylation is 1. The second-order valence-electron chi connectivity index (χ2n) is 11.0. The summed E-state index contributed by atoms with van der Waals surface area (Å²) in [6, 6.07) is 12.8. The zero-order valence-corrected chi connectivity index (χ0v) is 25.9. The van der Waals surface area contributed by atoms with E-state index < -0.39 is 20.0 Å². The van der Waals surface area contributed by atoms with Crippen LogP contribution in [0.2, 0.25) is 0 Å². The summed E-state index contributed by atoms with van der Waals surface area (Å²) in [6.45, 7) is 11.7. The lowest BCUT2D eigenvalue weighted by atomic mass is 9.87. The molecule has 1 aromatic heterocycles. The van der Waals surface area contributed by atoms with E-state index in [1.807, 2.05) is 32.0 Å². The van der Waals surface area contributed by atoms with E-state index in [0.29, 0.717) is 41.7 Å². The Morgan fingerprint density at radius 3 is 2.24 bits per heavy atom. The Balaban J connectivity index is 1.65. The Kier molecular flexibility index (Phi) is 8.39. The number of aliphatic imine (C=N–C) groups is 1. The number of fused-ring (bicyclic) bond motifs is 1. The van der Waals surface area contributed by atoms with Crippen LogP contribution in [0, 0.1) is 12.3 Å². The van der Waals surface area contributed by atoms with Crippen LogP contribution in [0.1, 0.15) is 39.1 Å². The van der Waals surface area contributed by atoms with Crippen LogP contribution in [-0.2, 0) is 20.0 Å². The number of nitrogens with zero attached hydrogens (tertiary/aromatic N) is 6. The van der Waals surface area contributed by atoms with Crippen LogP contribution < -0.4 is 14.3 Å². The summed E-state index contributed by atoms with van der Waals surface area (Å²) in [5.41, 5.74) is 4.92. The fraction of sp³-hybridized carbons (Fsp3) is 0.407. The molecule has 14 heteroatoms. The van der Waals surface area contributed by atoms with E-state index in [0.717, 1.165) is 41.7 Å². The van der Waals surface area contributed by atoms with Crippen molar-refractivity contribution in [2.75, 3.05) is 41.8 Å². The van der Waals surface area contributed by atoms with Gasteiger partial charge >= 0.3 is 0 Å². The van der Waals surface area contributed by atoms with Crippen LogP contribution >= 0.6 is 0 Å². The van der Waals surface area contributed by atoms with Crippen molar-refractivity contribution in [3.8, 4) is 11.4 Å². The van der Waals surface area contributed by atoms with Gasteiger partial charge in [0, 0.05) is 42.0 Å². The number of sulfonamides is 2. The quantitative estimate of drug-likeness (QED) is 0.362. The SMILES string of the molecule is CCN(CCNS(C)(=O)=O)c1ccc(/N=C2/C(C(C)(C)C)=Nn3nc(-c4ccc(NS(C)(=O)=O)cc4)nc32)c(C)c1. The minimum Gasteiger partial charge on any atom is -0.370 e. The highest BCUT2D eigenvalue weighted by molar-refractivity contribution is 7.92. The molecule has 1 aliphatic rings. The fourth-order valence-electron chi connectivity index (χ4n) is 4.32. The molecule has 0 bridgehead atoms. The Morgan fingerprint density at radius 2 is 1.68 bits per heavy atom. The molecule has 3 aromatic rings. The zero-order valence-electron chi connectivity index (χ0n) is 24.3. The number of hydrogen-bond acceptors (Lipinski definition) is 9. The van der Waals surface area contributed by atoms with E-state index in [9.17, 15) is 16.8 Å². The van der Waals surface area contributed by atoms with E-state index >= 15 is 0 Å². The molecule has 1 aliphatic heterocycles. The summed E-state index contributed by atoms with van der Waals surface area (Å²) in [7, 11) is -6.63. The first-order valence-electron chi connectivity index (χ1n) is 13.1. The fourth-order valence-corrected chi connectivity index (χ4v) is 5.35. The van der Waals surface area contributed by atoms with Crippen LogP contribution in [0.5, 0.6) is 0 Å². The Labute approximate surface area is 241 Å². The van der Waals surface area contributed by atoms with E-state index in [1.54, 1.807) is 24.3 Å². The maximum Gasteiger partial charge on any atom is 0.229 e. The van der Waals surface area contributed by atoms with Crippen molar-refractivity contribution >= 4 is 48.5 Å². The van der Waals surface area contributed by atoms with Crippen molar-refractivity contribution in [1.82, 2.24) is 19.6 Å². The highest BCUT2D eigenvalue weighted by Gasteiger charge is 2.35. The molecule has 4 rings (SSSR count). The number of rotatable bonds is 10. The van der Waals surface area contributed by atoms with E-state index in [-0.39, 0.29) is 5.41 Å². The molecule has 0 atom stereocenters. The van der Waals surface area contributed by atoms with Crippen molar-refractivity contribution in [1.29, 1.82) is 0 Å². The minimum absolute atomic E-state index is 0.316. The molecule has 0 amide bonds. The van der Waals surface area contributed by atoms with Crippen molar-refractivity contribution in [2.24, 2.45) is 15.5 Å². The van der Waals surface area contributed by atoms with Gasteiger partial charge in [0.1, 0.15) is 5.71 Å². The van der Waals surface area contributed by atoms with E-state index in [2.05, 4.69) is 40.2 Å². The average molecular weight is 601 g/mol. The average Bonchev–Trinajstić information content (AvgIpc) is 3.41. The van der Waals surface area contributed by atoms with Gasteiger partial charge in [0.25, 0.3) is 0 Å². The van der Waals surface area contributed by atoms with Gasteiger partial charge in [-0.05, 0) is 61.9 Å². The first-order chi connectivity index (χ1) is 19.0. The van der Waals surface area contributed by atoms with Crippen LogP contribution in [0.4, 0.5) is 17.1 Å². The molecule has 0 radical (unpaired) electrons. The predicted octanol–water partition coefficient (Wildman–Crippen LogP) is 3.39. The Hall–Kier alpha value is -3.62. The van der Waals surface area contributed by atoms with Gasteiger partial charge in [0.05, 0.1) is 23.9 Å². The standard InChI is InChI=1S/C27H36N8O4S2/c1-8-34(16-15-28-40(6,36)37)21-13-14-22(18(2)17-21)29-23-24(27(3,4)5)31-35-26(23)30-25(32-35)19-9-11-20(12-10-19)33-41(7,38)39/h9-14,17,28,33H,8,15-16H2,1-7H3/b29-23-. The molecule has 12 nitrogen and oxygen atoms in total. The van der Waals surface area contributed by atoms with Crippen LogP contribution in [0.3, 0.4) is 0 Å². The van der Waals surface area contributed by atoms with Gasteiger partial charge in [0.15, 0.2) is 5.82 Å². The van der Waals surface area contributed by atoms with Crippen LogP contribution in [0.25, 0.3) is 11.4 Å². The molecular weight excluding hydrogens is 564 g/mol. The van der Waals surface area contributed by atoms with Gasteiger partial charge < -0.3 is 4.90 Å². The summed E-state index contributed by atoms with van der Waals surface area (Å²) in [6.07, 6.45) is 2.25. The highest BCUT2D eigenvalue weighted by Crippen LogP contribution is 2.31. The van der Waals surface area contributed by atoms with Gasteiger partial charge in [-0.15, -0.1) is 9.89 Å². The van der Waals surface area contributed by atoms with Crippen molar-refractivity contribution in [2.45, 2.75) is 34.6 Å². The second kappa shape index (κ2) is 11.3. The van der Waals surface area contributed by atoms with Gasteiger partial charge in [-0.25, -0.2) is 31.5 Å². The normalized spacial score (nSPS) is 14.7. The topological polar surface area (TPSA) is 151 Å². The lowest BCUT2D eigenvalue weighted by Crippen LogP contribution is -2.34. The number of aromatic nitrogens is 3. The largest absolute Gasteiger partial charge is 0.370 e. The van der Waals surface area contributed by atoms with Gasteiger partial charge in [-0.3, -0.25) is 4.72 Å². The van der Waals surface area contributed by atoms with Crippen molar-refractivity contribution in [3.63, 3.8) is 0 Å². The number of nitrogens with one attached hydrogen (secondary N) is 2. The highest BCUT2D eigenvalue weighted by atomic mass is 32.2. The maximum atomic E-state index is 11.5. The third-order valence-electron chi connectivity index (χ3n) is 6.28. The molecule has 2 N–H and O–H groups in total. The van der Waals surface area contributed by atoms with Crippen molar-refractivity contribution in [3.05, 3.63) is 53.9 Å². The van der Waals surface area contributed by atoms with E-state index in [4.69, 9.17) is 15.1 Å². The Morgan fingerprint density at radius 1 is 1.00 bits per heavy atom. The minimum atomic E-state index is -3.38. The number of anilines is 2. The molecule has 0 saturated carbocycles. The third kappa shape index (κ3) is 7.57. The van der Waals surface area contributed by atoms with Gasteiger partial charge in [-0.1, -0.05) is 20.8 Å². The summed E-state index contributed by atoms with van der Waals surface area (Å²) < 4.78 is 50.9. The molecule has 220 valence electrons. The van der Waals surface area contributed by atoms with Gasteiger partial charge in [0.2, 0.25) is 25.9 Å². The molecule has 2 aromatic carbocycles. The lowest BCUT2D eigenvalue weighted by Gasteiger charge is -2.24. The molecule has 0 aliphatic carbocycles. The zero-order chi connectivity index (χ0) is 30.2. The molecule has 0 spiro atoms. The molecular formula is C27H36N8O4S2. The predicted molar refractivity (Wildman–Crippen MR) is 164 cm³/mol. The molecule has 41 heavy (non-hydrogen) atoms. The molecule has 2 heterocycles. The number of hydrogen-bond donors (Lipinski definition) is 2. The summed E-state index contributed by atoms with van der Waals surface area (Å²) in [4.78, 5) is 13.3. The summed E-state index contributed by atoms with van der Waals surface area (Å²) >= 11 is 0. The van der Waals surface area contributed by atoms with Gasteiger partial charge in [-0.2, -0.15) is 5.10 Å². The summed E-state index contributed by atoms with van der Waals surface area (Å²) in [5.74, 6) is 0.970. The smallest absolute Gasteiger partial charge is 0.229 e. The first kappa shape index (κ1) is 30.3. The number of benzene rings is 2. The molecule has 0 saturated heterocycles. The Bertz CT molecular complexity index is 1720.